The van der Waals surface area contributed by atoms with E-state index in [-0.39, 0.29) is 18.6 Å². The molecule has 0 aromatic carbocycles. The van der Waals surface area contributed by atoms with Crippen LogP contribution in [-0.2, 0) is 9.53 Å². The molecule has 0 bridgehead atoms. The lowest BCUT2D eigenvalue weighted by molar-refractivity contribution is -0.143. The minimum Gasteiger partial charge on any atom is -0.465 e. The monoisotopic (exact) mass is 201 g/mol. The summed E-state index contributed by atoms with van der Waals surface area (Å²) in [6.45, 7) is 2.84. The van der Waals surface area contributed by atoms with Crippen LogP contribution in [0.25, 0.3) is 0 Å². The molecule has 0 saturated heterocycles. The predicted molar refractivity (Wildman–Crippen MR) is 52.9 cm³/mol. The summed E-state index contributed by atoms with van der Waals surface area (Å²) in [6, 6.07) is 0.295. The van der Waals surface area contributed by atoms with Gasteiger partial charge in [-0.05, 0) is 19.3 Å². The van der Waals surface area contributed by atoms with Crippen molar-refractivity contribution in [2.24, 2.45) is 0 Å². The molecule has 4 nitrogen and oxygen atoms in total. The van der Waals surface area contributed by atoms with Gasteiger partial charge in [0.25, 0.3) is 0 Å². The van der Waals surface area contributed by atoms with Gasteiger partial charge in [-0.15, -0.1) is 0 Å². The molecule has 1 aliphatic rings. The Bertz CT molecular complexity index is 178. The molecule has 1 fully saturated rings. The minimum absolute atomic E-state index is 0.177. The Kier molecular flexibility index (Phi) is 4.90. The fourth-order valence-corrected chi connectivity index (χ4v) is 1.36. The SMILES string of the molecule is CCCCOC(=O)CNC1CC(O)C1. The van der Waals surface area contributed by atoms with E-state index in [1.54, 1.807) is 0 Å². The van der Waals surface area contributed by atoms with Crippen LogP contribution in [0.3, 0.4) is 0 Å². The minimum atomic E-state index is -0.195. The fraction of sp³-hybridized carbons (Fsp3) is 0.900. The van der Waals surface area contributed by atoms with Gasteiger partial charge in [-0.1, -0.05) is 13.3 Å². The third-order valence-corrected chi connectivity index (χ3v) is 2.41. The predicted octanol–water partition coefficient (Wildman–Crippen LogP) is 0.443. The standard InChI is InChI=1S/C10H19NO3/c1-2-3-4-14-10(13)7-11-8-5-9(12)6-8/h8-9,11-12H,2-7H2,1H3. The van der Waals surface area contributed by atoms with E-state index in [2.05, 4.69) is 12.2 Å². The van der Waals surface area contributed by atoms with E-state index < -0.39 is 0 Å². The lowest BCUT2D eigenvalue weighted by Crippen LogP contribution is -2.46. The van der Waals surface area contributed by atoms with E-state index in [9.17, 15) is 4.79 Å². The molecule has 0 aliphatic heterocycles. The van der Waals surface area contributed by atoms with Crippen molar-refractivity contribution in [2.45, 2.75) is 44.8 Å². The summed E-state index contributed by atoms with van der Waals surface area (Å²) in [7, 11) is 0. The van der Waals surface area contributed by atoms with Crippen LogP contribution in [-0.4, -0.2) is 36.4 Å². The average Bonchev–Trinajstić information content (AvgIpc) is 2.11. The third kappa shape index (κ3) is 4.07. The van der Waals surface area contributed by atoms with Crippen LogP contribution >= 0.6 is 0 Å². The molecule has 0 heterocycles. The summed E-state index contributed by atoms with van der Waals surface area (Å²) < 4.78 is 4.96. The second-order valence-corrected chi connectivity index (χ2v) is 3.78. The molecule has 1 saturated carbocycles. The van der Waals surface area contributed by atoms with E-state index in [4.69, 9.17) is 9.84 Å². The lowest BCUT2D eigenvalue weighted by atomic mass is 9.90. The van der Waals surface area contributed by atoms with Gasteiger partial charge < -0.3 is 15.2 Å². The average molecular weight is 201 g/mol. The van der Waals surface area contributed by atoms with E-state index >= 15 is 0 Å². The number of hydrogen-bond acceptors (Lipinski definition) is 4. The van der Waals surface area contributed by atoms with Crippen molar-refractivity contribution in [3.8, 4) is 0 Å². The first-order valence-corrected chi connectivity index (χ1v) is 5.29. The van der Waals surface area contributed by atoms with Gasteiger partial charge >= 0.3 is 5.97 Å². The van der Waals surface area contributed by atoms with Crippen LogP contribution < -0.4 is 5.32 Å². The van der Waals surface area contributed by atoms with Gasteiger partial charge in [0, 0.05) is 6.04 Å². The Morgan fingerprint density at radius 3 is 2.86 bits per heavy atom. The van der Waals surface area contributed by atoms with Crippen molar-refractivity contribution in [1.82, 2.24) is 5.32 Å². The maximum absolute atomic E-state index is 11.1. The van der Waals surface area contributed by atoms with Crippen molar-refractivity contribution >= 4 is 5.97 Å². The first-order chi connectivity index (χ1) is 6.72. The van der Waals surface area contributed by atoms with E-state index in [0.29, 0.717) is 12.6 Å². The zero-order valence-electron chi connectivity index (χ0n) is 8.66. The van der Waals surface area contributed by atoms with Gasteiger partial charge in [0.2, 0.25) is 0 Å². The first-order valence-electron chi connectivity index (χ1n) is 5.29. The highest BCUT2D eigenvalue weighted by Crippen LogP contribution is 2.18. The van der Waals surface area contributed by atoms with Gasteiger partial charge in [-0.2, -0.15) is 0 Å². The Balaban J connectivity index is 1.93. The summed E-state index contributed by atoms with van der Waals surface area (Å²) in [5.41, 5.74) is 0. The summed E-state index contributed by atoms with van der Waals surface area (Å²) >= 11 is 0. The van der Waals surface area contributed by atoms with Crippen molar-refractivity contribution in [2.75, 3.05) is 13.2 Å². The van der Waals surface area contributed by atoms with Gasteiger partial charge in [-0.25, -0.2) is 0 Å². The number of ether oxygens (including phenoxy) is 1. The van der Waals surface area contributed by atoms with E-state index in [1.807, 2.05) is 0 Å². The number of esters is 1. The molecule has 0 aromatic rings. The first kappa shape index (κ1) is 11.5. The Hall–Kier alpha value is -0.610. The smallest absolute Gasteiger partial charge is 0.319 e. The molecule has 0 amide bonds. The van der Waals surface area contributed by atoms with Crippen LogP contribution in [0.2, 0.25) is 0 Å². The molecule has 2 N–H and O–H groups in total. The molecule has 4 heteroatoms. The number of aliphatic hydroxyl groups excluding tert-OH is 1. The van der Waals surface area contributed by atoms with Gasteiger partial charge in [0.1, 0.15) is 0 Å². The van der Waals surface area contributed by atoms with Gasteiger partial charge in [0.05, 0.1) is 19.3 Å². The number of rotatable bonds is 6. The molecule has 0 spiro atoms. The Morgan fingerprint density at radius 2 is 2.29 bits per heavy atom. The topological polar surface area (TPSA) is 58.6 Å². The number of unbranched alkanes of at least 4 members (excludes halogenated alkanes) is 1. The molecule has 0 radical (unpaired) electrons. The zero-order valence-corrected chi connectivity index (χ0v) is 8.66. The molecule has 0 aromatic heterocycles. The van der Waals surface area contributed by atoms with Crippen LogP contribution in [0.1, 0.15) is 32.6 Å². The highest BCUT2D eigenvalue weighted by molar-refractivity contribution is 5.71. The molecule has 0 atom stereocenters. The highest BCUT2D eigenvalue weighted by Gasteiger charge is 2.26. The second-order valence-electron chi connectivity index (χ2n) is 3.78. The van der Waals surface area contributed by atoms with Crippen molar-refractivity contribution < 1.29 is 14.6 Å². The number of carbonyl (C=O) groups is 1. The maximum Gasteiger partial charge on any atom is 0.319 e. The zero-order chi connectivity index (χ0) is 10.4. The van der Waals surface area contributed by atoms with Crippen LogP contribution in [0.5, 0.6) is 0 Å². The van der Waals surface area contributed by atoms with Gasteiger partial charge in [-0.3, -0.25) is 4.79 Å². The molecular formula is C10H19NO3. The highest BCUT2D eigenvalue weighted by atomic mass is 16.5. The number of nitrogens with one attached hydrogen (secondary N) is 1. The summed E-state index contributed by atoms with van der Waals surface area (Å²) in [5.74, 6) is -0.195. The molecule has 0 unspecified atom stereocenters. The number of aliphatic hydroxyl groups is 1. The quantitative estimate of drug-likeness (QED) is 0.483. The summed E-state index contributed by atoms with van der Waals surface area (Å²) in [6.07, 6.45) is 3.29. The van der Waals surface area contributed by atoms with Crippen LogP contribution in [0.4, 0.5) is 0 Å². The Labute approximate surface area is 84.6 Å². The third-order valence-electron chi connectivity index (χ3n) is 2.41. The van der Waals surface area contributed by atoms with Crippen LogP contribution in [0, 0.1) is 0 Å². The lowest BCUT2D eigenvalue weighted by Gasteiger charge is -2.31. The molecule has 1 aliphatic carbocycles. The normalized spacial score (nSPS) is 25.6. The molecule has 14 heavy (non-hydrogen) atoms. The maximum atomic E-state index is 11.1. The summed E-state index contributed by atoms with van der Waals surface area (Å²) in [4.78, 5) is 11.1. The van der Waals surface area contributed by atoms with E-state index in [0.717, 1.165) is 25.7 Å². The van der Waals surface area contributed by atoms with Crippen molar-refractivity contribution in [1.29, 1.82) is 0 Å². The largest absolute Gasteiger partial charge is 0.465 e. The van der Waals surface area contributed by atoms with Crippen LogP contribution in [0.15, 0.2) is 0 Å². The number of hydrogen-bond donors (Lipinski definition) is 2. The molecule has 1 rings (SSSR count). The number of carbonyl (C=O) groups excluding carboxylic acids is 1. The van der Waals surface area contributed by atoms with Crippen molar-refractivity contribution in [3.63, 3.8) is 0 Å². The fourth-order valence-electron chi connectivity index (χ4n) is 1.36. The Morgan fingerprint density at radius 1 is 1.57 bits per heavy atom. The van der Waals surface area contributed by atoms with E-state index in [1.165, 1.54) is 0 Å². The molecule has 82 valence electrons. The summed E-state index contributed by atoms with van der Waals surface area (Å²) in [5, 5.41) is 12.0. The van der Waals surface area contributed by atoms with Gasteiger partial charge in [0.15, 0.2) is 0 Å². The van der Waals surface area contributed by atoms with Crippen molar-refractivity contribution in [3.05, 3.63) is 0 Å². The molecular weight excluding hydrogens is 182 g/mol. The second kappa shape index (κ2) is 5.98.